The molecule has 3 N–H and O–H groups in total. The number of nitrogens with one attached hydrogen (secondary N) is 1. The molecule has 0 aliphatic rings. The maximum Gasteiger partial charge on any atom is 0.325 e. The van der Waals surface area contributed by atoms with Crippen molar-refractivity contribution in [2.24, 2.45) is 5.73 Å². The molecule has 15 heavy (non-hydrogen) atoms. The van der Waals surface area contributed by atoms with Gasteiger partial charge in [-0.2, -0.15) is 0 Å². The quantitative estimate of drug-likeness (QED) is 0.567. The highest BCUT2D eigenvalue weighted by molar-refractivity contribution is 7.80. The van der Waals surface area contributed by atoms with Crippen molar-refractivity contribution in [3.8, 4) is 0 Å². The first-order chi connectivity index (χ1) is 7.13. The van der Waals surface area contributed by atoms with Crippen LogP contribution in [-0.4, -0.2) is 29.6 Å². The van der Waals surface area contributed by atoms with Gasteiger partial charge in [-0.05, 0) is 12.1 Å². The molecule has 0 bridgehead atoms. The summed E-state index contributed by atoms with van der Waals surface area (Å²) < 4.78 is 4.46. The van der Waals surface area contributed by atoms with Gasteiger partial charge in [0.25, 0.3) is 0 Å². The molecule has 0 amide bonds. The first-order valence-corrected chi connectivity index (χ1v) is 4.61. The number of anilines is 1. The summed E-state index contributed by atoms with van der Waals surface area (Å²) in [5.41, 5.74) is 6.09. The number of nitrogens with zero attached hydrogens (tertiary/aromatic N) is 1. The minimum absolute atomic E-state index is 0.0793. The maximum absolute atomic E-state index is 10.8. The summed E-state index contributed by atoms with van der Waals surface area (Å²) in [6.07, 6.45) is 1.54. The lowest BCUT2D eigenvalue weighted by molar-refractivity contribution is -0.138. The molecule has 1 rings (SSSR count). The Morgan fingerprint density at radius 1 is 1.67 bits per heavy atom. The molecule has 0 unspecified atom stereocenters. The molecule has 0 aliphatic carbocycles. The number of thiocarbonyl (C=S) groups is 1. The van der Waals surface area contributed by atoms with E-state index >= 15 is 0 Å². The van der Waals surface area contributed by atoms with E-state index in [0.717, 1.165) is 0 Å². The molecule has 1 aromatic heterocycles. The van der Waals surface area contributed by atoms with E-state index in [9.17, 15) is 4.79 Å². The van der Waals surface area contributed by atoms with E-state index in [4.69, 9.17) is 18.0 Å². The molecule has 5 nitrogen and oxygen atoms in total. The third kappa shape index (κ3) is 3.51. The van der Waals surface area contributed by atoms with Crippen LogP contribution < -0.4 is 11.1 Å². The fourth-order valence-corrected chi connectivity index (χ4v) is 1.000. The van der Waals surface area contributed by atoms with Gasteiger partial charge in [0.05, 0.1) is 7.11 Å². The molecule has 80 valence electrons. The van der Waals surface area contributed by atoms with Gasteiger partial charge in [-0.15, -0.1) is 0 Å². The third-order valence-corrected chi connectivity index (χ3v) is 1.93. The number of rotatable bonds is 4. The van der Waals surface area contributed by atoms with Crippen molar-refractivity contribution in [3.05, 3.63) is 23.9 Å². The highest BCUT2D eigenvalue weighted by Crippen LogP contribution is 2.04. The molecule has 1 heterocycles. The van der Waals surface area contributed by atoms with Crippen LogP contribution in [0.25, 0.3) is 0 Å². The van der Waals surface area contributed by atoms with Crippen LogP contribution in [0.5, 0.6) is 0 Å². The molecule has 0 aliphatic heterocycles. The minimum Gasteiger partial charge on any atom is -0.468 e. The van der Waals surface area contributed by atoms with E-state index in [1.54, 1.807) is 18.3 Å². The molecule has 0 radical (unpaired) electrons. The number of hydrogen-bond donors (Lipinski definition) is 2. The van der Waals surface area contributed by atoms with Crippen molar-refractivity contribution in [3.63, 3.8) is 0 Å². The average Bonchev–Trinajstić information content (AvgIpc) is 2.26. The highest BCUT2D eigenvalue weighted by atomic mass is 32.1. The molecular formula is C9H11N3O2S. The van der Waals surface area contributed by atoms with Crippen LogP contribution in [0.1, 0.15) is 5.56 Å². The first kappa shape index (κ1) is 11.4. The Bertz CT molecular complexity index is 364. The normalized spacial score (nSPS) is 9.40. The van der Waals surface area contributed by atoms with Gasteiger partial charge < -0.3 is 15.8 Å². The van der Waals surface area contributed by atoms with Crippen molar-refractivity contribution >= 4 is 29.0 Å². The Balaban J connectivity index is 2.57. The first-order valence-electron chi connectivity index (χ1n) is 4.20. The van der Waals surface area contributed by atoms with Crippen LogP contribution in [0, 0.1) is 0 Å². The second-order valence-electron chi connectivity index (χ2n) is 2.73. The summed E-state index contributed by atoms with van der Waals surface area (Å²) >= 11 is 4.77. The van der Waals surface area contributed by atoms with Gasteiger partial charge in [0, 0.05) is 11.8 Å². The highest BCUT2D eigenvalue weighted by Gasteiger charge is 2.01. The van der Waals surface area contributed by atoms with E-state index in [0.29, 0.717) is 16.4 Å². The van der Waals surface area contributed by atoms with Gasteiger partial charge in [0.1, 0.15) is 17.4 Å². The molecule has 1 aromatic rings. The number of methoxy groups -OCH3 is 1. The topological polar surface area (TPSA) is 77.2 Å². The summed E-state index contributed by atoms with van der Waals surface area (Å²) in [5.74, 6) is 0.218. The second kappa shape index (κ2) is 5.26. The smallest absolute Gasteiger partial charge is 0.325 e. The second-order valence-corrected chi connectivity index (χ2v) is 3.17. The van der Waals surface area contributed by atoms with Gasteiger partial charge in [-0.25, -0.2) is 4.98 Å². The van der Waals surface area contributed by atoms with Gasteiger partial charge in [-0.1, -0.05) is 12.2 Å². The molecule has 6 heteroatoms. The number of carbonyl (C=O) groups is 1. The van der Waals surface area contributed by atoms with Crippen molar-refractivity contribution in [2.75, 3.05) is 19.0 Å². The lowest BCUT2D eigenvalue weighted by Gasteiger charge is -2.04. The summed E-state index contributed by atoms with van der Waals surface area (Å²) in [6, 6.07) is 3.42. The zero-order valence-corrected chi connectivity index (χ0v) is 9.00. The Labute approximate surface area is 92.6 Å². The molecule has 0 saturated carbocycles. The lowest BCUT2D eigenvalue weighted by atomic mass is 10.3. The fraction of sp³-hybridized carbons (Fsp3) is 0.222. The monoisotopic (exact) mass is 225 g/mol. The standard InChI is InChI=1S/C9H11N3O2S/c1-14-8(13)5-12-7-3-2-6(4-11-7)9(10)15/h2-4H,5H2,1H3,(H2,10,15)(H,11,12). The van der Waals surface area contributed by atoms with Crippen molar-refractivity contribution in [2.45, 2.75) is 0 Å². The van der Waals surface area contributed by atoms with Gasteiger partial charge in [0.15, 0.2) is 0 Å². The van der Waals surface area contributed by atoms with Crippen LogP contribution in [0.2, 0.25) is 0 Å². The van der Waals surface area contributed by atoms with Crippen molar-refractivity contribution in [1.29, 1.82) is 0 Å². The number of pyridine rings is 1. The van der Waals surface area contributed by atoms with Crippen LogP contribution in [0.4, 0.5) is 5.82 Å². The Morgan fingerprint density at radius 2 is 2.40 bits per heavy atom. The van der Waals surface area contributed by atoms with E-state index in [1.165, 1.54) is 7.11 Å². The molecule has 0 fully saturated rings. The van der Waals surface area contributed by atoms with Crippen LogP contribution in [0.15, 0.2) is 18.3 Å². The number of ether oxygens (including phenoxy) is 1. The van der Waals surface area contributed by atoms with Crippen LogP contribution in [0.3, 0.4) is 0 Å². The van der Waals surface area contributed by atoms with Gasteiger partial charge in [0.2, 0.25) is 0 Å². The maximum atomic E-state index is 10.8. The molecule has 0 saturated heterocycles. The van der Waals surface area contributed by atoms with E-state index in [1.807, 2.05) is 0 Å². The van der Waals surface area contributed by atoms with Gasteiger partial charge >= 0.3 is 5.97 Å². The van der Waals surface area contributed by atoms with Crippen LogP contribution in [-0.2, 0) is 9.53 Å². The van der Waals surface area contributed by atoms with Crippen LogP contribution >= 0.6 is 12.2 Å². The zero-order valence-electron chi connectivity index (χ0n) is 8.19. The van der Waals surface area contributed by atoms with E-state index < -0.39 is 0 Å². The Hall–Kier alpha value is -1.69. The number of nitrogens with two attached hydrogens (primary N) is 1. The predicted octanol–water partition coefficient (Wildman–Crippen LogP) is 0.301. The molecular weight excluding hydrogens is 214 g/mol. The molecule has 0 spiro atoms. The van der Waals surface area contributed by atoms with E-state index in [2.05, 4.69) is 15.0 Å². The minimum atomic E-state index is -0.352. The largest absolute Gasteiger partial charge is 0.468 e. The van der Waals surface area contributed by atoms with Gasteiger partial charge in [-0.3, -0.25) is 4.79 Å². The zero-order chi connectivity index (χ0) is 11.3. The van der Waals surface area contributed by atoms with Crippen molar-refractivity contribution < 1.29 is 9.53 Å². The number of esters is 1. The summed E-state index contributed by atoms with van der Waals surface area (Å²) in [5, 5.41) is 2.79. The molecule has 0 aromatic carbocycles. The van der Waals surface area contributed by atoms with Crippen molar-refractivity contribution in [1.82, 2.24) is 4.98 Å². The summed E-state index contributed by atoms with van der Waals surface area (Å²) in [6.45, 7) is 0.0793. The number of hydrogen-bond acceptors (Lipinski definition) is 5. The summed E-state index contributed by atoms with van der Waals surface area (Å²) in [7, 11) is 1.33. The summed E-state index contributed by atoms with van der Waals surface area (Å²) in [4.78, 5) is 15.1. The predicted molar refractivity (Wildman–Crippen MR) is 60.6 cm³/mol. The Kier molecular flexibility index (Phi) is 3.99. The number of carbonyl (C=O) groups excluding carboxylic acids is 1. The fourth-order valence-electron chi connectivity index (χ4n) is 0.879. The lowest BCUT2D eigenvalue weighted by Crippen LogP contribution is -2.16. The Morgan fingerprint density at radius 3 is 2.87 bits per heavy atom. The average molecular weight is 225 g/mol. The number of aromatic nitrogens is 1. The van der Waals surface area contributed by atoms with E-state index in [-0.39, 0.29) is 12.5 Å². The SMILES string of the molecule is COC(=O)CNc1ccc(C(N)=S)cn1. The third-order valence-electron chi connectivity index (χ3n) is 1.69. The molecule has 0 atom stereocenters.